The Bertz CT molecular complexity index is 1610. The number of likely N-dealkylation sites (tertiary alicyclic amines) is 1. The lowest BCUT2D eigenvalue weighted by molar-refractivity contribution is 0.169. The van der Waals surface area contributed by atoms with Gasteiger partial charge in [0.05, 0.1) is 17.8 Å². The highest BCUT2D eigenvalue weighted by atomic mass is 19.1. The largest absolute Gasteiger partial charge is 0.508 e. The molecule has 5 heterocycles. The fraction of sp³-hybridized carbons (Fsp3) is 0.455. The van der Waals surface area contributed by atoms with Gasteiger partial charge < -0.3 is 20.1 Å². The summed E-state index contributed by atoms with van der Waals surface area (Å²) in [4.78, 5) is 14.7. The average molecular weight is 554 g/mol. The molecule has 1 aliphatic carbocycles. The van der Waals surface area contributed by atoms with Gasteiger partial charge in [0.15, 0.2) is 0 Å². The SMILES string of the molecule is Oc1cc(-c2cnc3c(N4CC5CCC(C4)N5)cc(OCC4(CN5CC[C@@H](F)C5)CC4)nc3c2)c2ccccc2c1. The fourth-order valence-corrected chi connectivity index (χ4v) is 7.22. The van der Waals surface area contributed by atoms with Gasteiger partial charge in [0.25, 0.3) is 0 Å². The summed E-state index contributed by atoms with van der Waals surface area (Å²) in [6, 6.07) is 16.8. The molecule has 0 radical (unpaired) electrons. The van der Waals surface area contributed by atoms with E-state index in [1.54, 1.807) is 12.1 Å². The molecule has 3 saturated heterocycles. The van der Waals surface area contributed by atoms with E-state index in [9.17, 15) is 9.50 Å². The molecule has 0 amide bonds. The van der Waals surface area contributed by atoms with Crippen LogP contribution in [0.1, 0.15) is 32.1 Å². The molecule has 212 valence electrons. The molecule has 4 aromatic rings. The van der Waals surface area contributed by atoms with E-state index in [0.29, 0.717) is 37.5 Å². The van der Waals surface area contributed by atoms with Crippen LogP contribution < -0.4 is 15.0 Å². The van der Waals surface area contributed by atoms with Crippen molar-refractivity contribution in [2.45, 2.75) is 50.4 Å². The smallest absolute Gasteiger partial charge is 0.216 e. The number of phenolic OH excluding ortho intramolecular Hbond substituents is 1. The summed E-state index contributed by atoms with van der Waals surface area (Å²) < 4.78 is 20.3. The van der Waals surface area contributed by atoms with Crippen LogP contribution in [0.25, 0.3) is 32.9 Å². The van der Waals surface area contributed by atoms with E-state index in [2.05, 4.69) is 33.3 Å². The van der Waals surface area contributed by atoms with Crippen LogP contribution >= 0.6 is 0 Å². The summed E-state index contributed by atoms with van der Waals surface area (Å²) in [5.41, 5.74) is 4.67. The first-order valence-electron chi connectivity index (χ1n) is 15.0. The molecule has 2 aromatic heterocycles. The van der Waals surface area contributed by atoms with Gasteiger partial charge >= 0.3 is 0 Å². The van der Waals surface area contributed by atoms with E-state index in [-0.39, 0.29) is 11.2 Å². The Kier molecular flexibility index (Phi) is 6.04. The number of nitrogens with one attached hydrogen (secondary N) is 1. The number of fused-ring (bicyclic) bond motifs is 4. The third-order valence-corrected chi connectivity index (χ3v) is 9.57. The van der Waals surface area contributed by atoms with Crippen LogP contribution in [0.4, 0.5) is 10.1 Å². The lowest BCUT2D eigenvalue weighted by Gasteiger charge is -2.35. The predicted molar refractivity (Wildman–Crippen MR) is 159 cm³/mol. The van der Waals surface area contributed by atoms with Gasteiger partial charge in [0, 0.05) is 68.0 Å². The van der Waals surface area contributed by atoms with Crippen LogP contribution in [-0.4, -0.2) is 77.6 Å². The highest BCUT2D eigenvalue weighted by Gasteiger charge is 2.46. The van der Waals surface area contributed by atoms with E-state index in [4.69, 9.17) is 14.7 Å². The van der Waals surface area contributed by atoms with Gasteiger partial charge in [-0.15, -0.1) is 0 Å². The highest BCUT2D eigenvalue weighted by Crippen LogP contribution is 2.47. The Morgan fingerprint density at radius 3 is 2.63 bits per heavy atom. The van der Waals surface area contributed by atoms with Gasteiger partial charge in [-0.05, 0) is 66.6 Å². The zero-order valence-corrected chi connectivity index (χ0v) is 23.2. The number of aromatic nitrogens is 2. The lowest BCUT2D eigenvalue weighted by atomic mass is 9.98. The molecule has 0 spiro atoms. The van der Waals surface area contributed by atoms with Gasteiger partial charge in [0.2, 0.25) is 5.88 Å². The molecular weight excluding hydrogens is 517 g/mol. The third kappa shape index (κ3) is 4.87. The van der Waals surface area contributed by atoms with E-state index in [1.165, 1.54) is 12.8 Å². The number of hydrogen-bond acceptors (Lipinski definition) is 7. The van der Waals surface area contributed by atoms with E-state index >= 15 is 0 Å². The second-order valence-corrected chi connectivity index (χ2v) is 12.7. The van der Waals surface area contributed by atoms with Crippen molar-refractivity contribution in [1.29, 1.82) is 0 Å². The molecule has 4 aliphatic rings. The first kappa shape index (κ1) is 25.2. The molecule has 8 heteroatoms. The number of pyridine rings is 2. The number of nitrogens with zero attached hydrogens (tertiary/aromatic N) is 4. The number of halogens is 1. The summed E-state index contributed by atoms with van der Waals surface area (Å²) >= 11 is 0. The van der Waals surface area contributed by atoms with Crippen LogP contribution in [0.2, 0.25) is 0 Å². The molecule has 3 atom stereocenters. The van der Waals surface area contributed by atoms with Crippen LogP contribution in [0.15, 0.2) is 54.7 Å². The van der Waals surface area contributed by atoms with Gasteiger partial charge in [-0.25, -0.2) is 9.37 Å². The molecule has 3 aliphatic heterocycles. The van der Waals surface area contributed by atoms with Gasteiger partial charge in [-0.2, -0.15) is 0 Å². The van der Waals surface area contributed by atoms with Crippen molar-refractivity contribution < 1.29 is 14.2 Å². The zero-order chi connectivity index (χ0) is 27.6. The molecule has 1 saturated carbocycles. The molecular formula is C33H36FN5O2. The van der Waals surface area contributed by atoms with Crippen molar-refractivity contribution in [3.63, 3.8) is 0 Å². The number of aromatic hydroxyl groups is 1. The summed E-state index contributed by atoms with van der Waals surface area (Å²) in [5.74, 6) is 0.849. The molecule has 8 rings (SSSR count). The number of alkyl halides is 1. The minimum Gasteiger partial charge on any atom is -0.508 e. The van der Waals surface area contributed by atoms with E-state index in [0.717, 1.165) is 77.6 Å². The van der Waals surface area contributed by atoms with Crippen LogP contribution in [-0.2, 0) is 0 Å². The van der Waals surface area contributed by atoms with Crippen LogP contribution in [0.5, 0.6) is 11.6 Å². The summed E-state index contributed by atoms with van der Waals surface area (Å²) in [7, 11) is 0. The maximum absolute atomic E-state index is 13.8. The second kappa shape index (κ2) is 9.81. The number of piperazine rings is 1. The Labute approximate surface area is 239 Å². The second-order valence-electron chi connectivity index (χ2n) is 12.7. The van der Waals surface area contributed by atoms with Crippen molar-refractivity contribution in [1.82, 2.24) is 20.2 Å². The van der Waals surface area contributed by atoms with Crippen molar-refractivity contribution in [3.05, 3.63) is 54.7 Å². The maximum Gasteiger partial charge on any atom is 0.216 e. The van der Waals surface area contributed by atoms with Gasteiger partial charge in [-0.1, -0.05) is 24.3 Å². The fourth-order valence-electron chi connectivity index (χ4n) is 7.22. The number of benzene rings is 2. The number of phenols is 1. The number of rotatable bonds is 7. The van der Waals surface area contributed by atoms with Crippen molar-refractivity contribution in [2.24, 2.45) is 5.41 Å². The Morgan fingerprint density at radius 1 is 1.02 bits per heavy atom. The van der Waals surface area contributed by atoms with Crippen molar-refractivity contribution >= 4 is 27.5 Å². The monoisotopic (exact) mass is 553 g/mol. The lowest BCUT2D eigenvalue weighted by Crippen LogP contribution is -2.51. The van der Waals surface area contributed by atoms with Gasteiger partial charge in [0.1, 0.15) is 17.4 Å². The molecule has 2 N–H and O–H groups in total. The van der Waals surface area contributed by atoms with Crippen molar-refractivity contribution in [3.8, 4) is 22.8 Å². The third-order valence-electron chi connectivity index (χ3n) is 9.57. The quantitative estimate of drug-likeness (QED) is 0.322. The molecule has 2 bridgehead atoms. The summed E-state index contributed by atoms with van der Waals surface area (Å²) in [6.07, 6.45) is 6.47. The van der Waals surface area contributed by atoms with Crippen LogP contribution in [0.3, 0.4) is 0 Å². The molecule has 41 heavy (non-hydrogen) atoms. The van der Waals surface area contributed by atoms with Gasteiger partial charge in [-0.3, -0.25) is 9.88 Å². The Morgan fingerprint density at radius 2 is 1.85 bits per heavy atom. The average Bonchev–Trinajstić information content (AvgIpc) is 3.50. The summed E-state index contributed by atoms with van der Waals surface area (Å²) in [6.45, 7) is 4.76. The molecule has 7 nitrogen and oxygen atoms in total. The number of hydrogen-bond donors (Lipinski definition) is 2. The summed E-state index contributed by atoms with van der Waals surface area (Å²) in [5, 5.41) is 16.3. The van der Waals surface area contributed by atoms with E-state index < -0.39 is 6.17 Å². The maximum atomic E-state index is 13.8. The van der Waals surface area contributed by atoms with E-state index in [1.807, 2.05) is 24.4 Å². The molecule has 2 unspecified atom stereocenters. The van der Waals surface area contributed by atoms with Crippen molar-refractivity contribution in [2.75, 3.05) is 44.2 Å². The topological polar surface area (TPSA) is 73.8 Å². The number of anilines is 1. The Hall–Kier alpha value is -3.49. The minimum atomic E-state index is -0.698. The zero-order valence-electron chi connectivity index (χ0n) is 23.2. The van der Waals surface area contributed by atoms with Crippen LogP contribution in [0, 0.1) is 5.41 Å². The molecule has 4 fully saturated rings. The molecule has 2 aromatic carbocycles. The Balaban J connectivity index is 1.16. The number of ether oxygens (including phenoxy) is 1. The normalized spacial score (nSPS) is 25.3. The first-order chi connectivity index (χ1) is 20.0. The highest BCUT2D eigenvalue weighted by molar-refractivity contribution is 6.00. The predicted octanol–water partition coefficient (Wildman–Crippen LogP) is 5.30. The standard InChI is InChI=1S/C33H36FN5O2/c34-23-7-10-38(16-23)19-33(8-9-33)20-41-31-14-30(39-17-24-5-6-25(18-39)36-24)32-29(37-31)12-22(15-35-32)28-13-26(40)11-21-3-1-2-4-27(21)28/h1-4,11-15,23-25,36,40H,5-10,16-20H2/t23-,24?,25?/m1/s1. The minimum absolute atomic E-state index is 0.0928. The first-order valence-corrected chi connectivity index (χ1v) is 15.0.